The van der Waals surface area contributed by atoms with Gasteiger partial charge in [0.05, 0.1) is 16.1 Å². The SMILES string of the molecule is O=C(c1ccc2noc(-c3ccccc3)c2c1)N1CCCN(Cc2cn3cc(Cl)ccc3n2)CC1. The molecular weight excluding hydrogens is 462 g/mol. The standard InChI is InChI=1S/C27H24ClN5O2/c28-21-8-10-25-29-22(18-33(25)16-21)17-31-11-4-12-32(14-13-31)27(34)20-7-9-24-23(15-20)26(35-30-24)19-5-2-1-3-6-19/h1-3,5-10,15-16,18H,4,11-14,17H2. The third-order valence-electron chi connectivity index (χ3n) is 6.49. The van der Waals surface area contributed by atoms with Crippen molar-refractivity contribution in [3.63, 3.8) is 0 Å². The Kier molecular flexibility index (Phi) is 5.72. The highest BCUT2D eigenvalue weighted by Crippen LogP contribution is 2.29. The second kappa shape index (κ2) is 9.17. The van der Waals surface area contributed by atoms with Gasteiger partial charge in [0.25, 0.3) is 5.91 Å². The lowest BCUT2D eigenvalue weighted by Crippen LogP contribution is -2.35. The van der Waals surface area contributed by atoms with Gasteiger partial charge < -0.3 is 13.8 Å². The summed E-state index contributed by atoms with van der Waals surface area (Å²) < 4.78 is 7.56. The minimum absolute atomic E-state index is 0.0383. The smallest absolute Gasteiger partial charge is 0.253 e. The first kappa shape index (κ1) is 21.8. The molecule has 0 spiro atoms. The van der Waals surface area contributed by atoms with Crippen LogP contribution in [0.2, 0.25) is 5.02 Å². The second-order valence-electron chi connectivity index (χ2n) is 8.88. The highest BCUT2D eigenvalue weighted by atomic mass is 35.5. The number of hydrogen-bond acceptors (Lipinski definition) is 5. The summed E-state index contributed by atoms with van der Waals surface area (Å²) >= 11 is 6.10. The molecule has 1 saturated heterocycles. The van der Waals surface area contributed by atoms with Gasteiger partial charge in [-0.1, -0.05) is 47.1 Å². The molecule has 0 atom stereocenters. The third kappa shape index (κ3) is 4.40. The minimum atomic E-state index is 0.0383. The lowest BCUT2D eigenvalue weighted by atomic mass is 10.1. The zero-order chi connectivity index (χ0) is 23.8. The quantitative estimate of drug-likeness (QED) is 0.352. The molecular formula is C27H24ClN5O2. The van der Waals surface area contributed by atoms with Crippen molar-refractivity contribution in [3.8, 4) is 11.3 Å². The van der Waals surface area contributed by atoms with Crippen LogP contribution in [0.1, 0.15) is 22.5 Å². The summed E-state index contributed by atoms with van der Waals surface area (Å²) in [5, 5.41) is 5.71. The van der Waals surface area contributed by atoms with Crippen LogP contribution >= 0.6 is 11.6 Å². The molecule has 0 unspecified atom stereocenters. The Bertz CT molecular complexity index is 1510. The summed E-state index contributed by atoms with van der Waals surface area (Å²) in [6, 6.07) is 19.2. The lowest BCUT2D eigenvalue weighted by Gasteiger charge is -2.21. The van der Waals surface area contributed by atoms with E-state index in [-0.39, 0.29) is 5.91 Å². The van der Waals surface area contributed by atoms with E-state index in [1.54, 1.807) is 0 Å². The molecule has 0 saturated carbocycles. The fourth-order valence-electron chi connectivity index (χ4n) is 4.71. The van der Waals surface area contributed by atoms with Crippen molar-refractivity contribution in [1.29, 1.82) is 0 Å². The topological polar surface area (TPSA) is 66.9 Å². The zero-order valence-corrected chi connectivity index (χ0v) is 19.9. The largest absolute Gasteiger partial charge is 0.355 e. The van der Waals surface area contributed by atoms with Crippen LogP contribution in [-0.2, 0) is 6.54 Å². The van der Waals surface area contributed by atoms with Crippen molar-refractivity contribution in [2.75, 3.05) is 26.2 Å². The van der Waals surface area contributed by atoms with E-state index < -0.39 is 0 Å². The molecule has 1 fully saturated rings. The number of imidazole rings is 1. The van der Waals surface area contributed by atoms with Gasteiger partial charge in [0.15, 0.2) is 5.76 Å². The number of pyridine rings is 1. The Morgan fingerprint density at radius 3 is 2.74 bits per heavy atom. The van der Waals surface area contributed by atoms with Gasteiger partial charge in [-0.05, 0) is 36.8 Å². The van der Waals surface area contributed by atoms with Gasteiger partial charge in [0.2, 0.25) is 0 Å². The molecule has 4 heterocycles. The van der Waals surface area contributed by atoms with Crippen LogP contribution in [-0.4, -0.2) is 56.4 Å². The number of aromatic nitrogens is 3. The van der Waals surface area contributed by atoms with Gasteiger partial charge in [-0.3, -0.25) is 9.69 Å². The van der Waals surface area contributed by atoms with Crippen LogP contribution in [0, 0.1) is 0 Å². The number of carbonyl (C=O) groups is 1. The van der Waals surface area contributed by atoms with Crippen LogP contribution in [0.4, 0.5) is 0 Å². The third-order valence-corrected chi connectivity index (χ3v) is 6.71. The van der Waals surface area contributed by atoms with E-state index in [9.17, 15) is 4.79 Å². The Morgan fingerprint density at radius 2 is 1.86 bits per heavy atom. The molecule has 3 aromatic heterocycles. The van der Waals surface area contributed by atoms with E-state index in [0.29, 0.717) is 22.9 Å². The highest BCUT2D eigenvalue weighted by molar-refractivity contribution is 6.30. The molecule has 0 radical (unpaired) electrons. The van der Waals surface area contributed by atoms with Crippen LogP contribution in [0.15, 0.2) is 77.6 Å². The predicted molar refractivity (Wildman–Crippen MR) is 135 cm³/mol. The predicted octanol–water partition coefficient (Wildman–Crippen LogP) is 5.14. The second-order valence-corrected chi connectivity index (χ2v) is 9.31. The minimum Gasteiger partial charge on any atom is -0.355 e. The van der Waals surface area contributed by atoms with Crippen molar-refractivity contribution in [2.24, 2.45) is 0 Å². The monoisotopic (exact) mass is 485 g/mol. The van der Waals surface area contributed by atoms with Crippen LogP contribution in [0.3, 0.4) is 0 Å². The molecule has 1 aliphatic heterocycles. The number of nitrogens with zero attached hydrogens (tertiary/aromatic N) is 5. The number of carbonyl (C=O) groups excluding carboxylic acids is 1. The van der Waals surface area contributed by atoms with Gasteiger partial charge >= 0.3 is 0 Å². The summed E-state index contributed by atoms with van der Waals surface area (Å²) in [5.74, 6) is 0.724. The van der Waals surface area contributed by atoms with Gasteiger partial charge in [-0.15, -0.1) is 0 Å². The fraction of sp³-hybridized carbons (Fsp3) is 0.222. The fourth-order valence-corrected chi connectivity index (χ4v) is 4.88. The summed E-state index contributed by atoms with van der Waals surface area (Å²) in [4.78, 5) is 22.4. The van der Waals surface area contributed by atoms with Gasteiger partial charge in [0, 0.05) is 56.2 Å². The van der Waals surface area contributed by atoms with Crippen molar-refractivity contribution < 1.29 is 9.32 Å². The Morgan fingerprint density at radius 1 is 0.971 bits per heavy atom. The first-order chi connectivity index (χ1) is 17.1. The average molecular weight is 486 g/mol. The normalized spacial score (nSPS) is 15.1. The lowest BCUT2D eigenvalue weighted by molar-refractivity contribution is 0.0761. The number of halogens is 1. The summed E-state index contributed by atoms with van der Waals surface area (Å²) in [5.41, 5.74) is 4.23. The first-order valence-electron chi connectivity index (χ1n) is 11.7. The Labute approximate surface area is 207 Å². The number of fused-ring (bicyclic) bond motifs is 2. The van der Waals surface area contributed by atoms with E-state index in [0.717, 1.165) is 60.4 Å². The molecule has 35 heavy (non-hydrogen) atoms. The van der Waals surface area contributed by atoms with E-state index in [1.807, 2.05) is 82.4 Å². The molecule has 1 aliphatic rings. The molecule has 1 amide bonds. The van der Waals surface area contributed by atoms with E-state index in [4.69, 9.17) is 21.1 Å². The molecule has 0 N–H and O–H groups in total. The van der Waals surface area contributed by atoms with Crippen molar-refractivity contribution in [2.45, 2.75) is 13.0 Å². The maximum Gasteiger partial charge on any atom is 0.253 e. The number of benzene rings is 2. The molecule has 176 valence electrons. The molecule has 0 bridgehead atoms. The molecule has 0 aliphatic carbocycles. The summed E-state index contributed by atoms with van der Waals surface area (Å²) in [6.45, 7) is 3.86. The number of rotatable bonds is 4. The molecule has 6 rings (SSSR count). The van der Waals surface area contributed by atoms with E-state index in [2.05, 4.69) is 10.1 Å². The van der Waals surface area contributed by atoms with E-state index >= 15 is 0 Å². The van der Waals surface area contributed by atoms with Gasteiger partial charge in [-0.2, -0.15) is 0 Å². The van der Waals surface area contributed by atoms with Crippen LogP contribution < -0.4 is 0 Å². The maximum absolute atomic E-state index is 13.4. The van der Waals surface area contributed by atoms with Crippen molar-refractivity contribution in [3.05, 3.63) is 89.3 Å². The molecule has 5 aromatic rings. The number of amides is 1. The Hall–Kier alpha value is -3.68. The van der Waals surface area contributed by atoms with Crippen LogP contribution in [0.5, 0.6) is 0 Å². The number of hydrogen-bond donors (Lipinski definition) is 0. The maximum atomic E-state index is 13.4. The van der Waals surface area contributed by atoms with Crippen molar-refractivity contribution in [1.82, 2.24) is 24.3 Å². The van der Waals surface area contributed by atoms with E-state index in [1.165, 1.54) is 0 Å². The summed E-state index contributed by atoms with van der Waals surface area (Å²) in [7, 11) is 0. The molecule has 7 nitrogen and oxygen atoms in total. The zero-order valence-electron chi connectivity index (χ0n) is 19.1. The van der Waals surface area contributed by atoms with Crippen molar-refractivity contribution >= 4 is 34.1 Å². The average Bonchev–Trinajstić information content (AvgIpc) is 3.40. The summed E-state index contributed by atoms with van der Waals surface area (Å²) in [6.07, 6.45) is 4.80. The molecule has 8 heteroatoms. The van der Waals surface area contributed by atoms with Gasteiger partial charge in [0.1, 0.15) is 11.2 Å². The van der Waals surface area contributed by atoms with Gasteiger partial charge in [-0.25, -0.2) is 4.98 Å². The first-order valence-corrected chi connectivity index (χ1v) is 12.1. The Balaban J connectivity index is 1.17. The van der Waals surface area contributed by atoms with Crippen LogP contribution in [0.25, 0.3) is 27.9 Å². The highest BCUT2D eigenvalue weighted by Gasteiger charge is 2.22. The molecule has 2 aromatic carbocycles.